The number of carbonyl (C=O) groups excluding carboxylic acids is 2. The monoisotopic (exact) mass is 277 g/mol. The van der Waals surface area contributed by atoms with Gasteiger partial charge in [0.05, 0.1) is 11.1 Å². The lowest BCUT2D eigenvalue weighted by atomic mass is 10.1. The number of hydrogen-bond donors (Lipinski definition) is 0. The Hall–Kier alpha value is -1.68. The summed E-state index contributed by atoms with van der Waals surface area (Å²) in [6.45, 7) is 0. The lowest BCUT2D eigenvalue weighted by Crippen LogP contribution is -2.23. The summed E-state index contributed by atoms with van der Waals surface area (Å²) in [6.07, 6.45) is 4.77. The smallest absolute Gasteiger partial charge is 0.265 e. The number of benzene rings is 1. The summed E-state index contributed by atoms with van der Waals surface area (Å²) in [7, 11) is 0. The van der Waals surface area contributed by atoms with E-state index in [2.05, 4.69) is 15.9 Å². The molecule has 1 aliphatic rings. The summed E-state index contributed by atoms with van der Waals surface area (Å²) in [5.41, 5.74) is 0.917. The fourth-order valence-corrected chi connectivity index (χ4v) is 1.70. The molecule has 0 bridgehead atoms. The zero-order valence-corrected chi connectivity index (χ0v) is 9.85. The van der Waals surface area contributed by atoms with E-state index in [1.165, 1.54) is 6.20 Å². The molecule has 0 fully saturated rings. The van der Waals surface area contributed by atoms with Gasteiger partial charge < -0.3 is 0 Å². The number of imide groups is 1. The number of hydrogen-bond acceptors (Lipinski definition) is 2. The molecule has 16 heavy (non-hydrogen) atoms. The summed E-state index contributed by atoms with van der Waals surface area (Å²) in [6, 6.07) is 6.80. The van der Waals surface area contributed by atoms with Crippen LogP contribution in [0.5, 0.6) is 0 Å². The zero-order valence-electron chi connectivity index (χ0n) is 8.26. The van der Waals surface area contributed by atoms with E-state index in [0.717, 1.165) is 4.90 Å². The van der Waals surface area contributed by atoms with E-state index in [4.69, 9.17) is 0 Å². The maximum atomic E-state index is 11.8. The predicted molar refractivity (Wildman–Crippen MR) is 64.1 cm³/mol. The molecule has 3 nitrogen and oxygen atoms in total. The van der Waals surface area contributed by atoms with Gasteiger partial charge in [0.15, 0.2) is 0 Å². The fraction of sp³-hybridized carbons (Fsp3) is 0. The predicted octanol–water partition coefficient (Wildman–Crippen LogP) is 2.70. The van der Waals surface area contributed by atoms with Gasteiger partial charge in [-0.05, 0) is 23.2 Å². The average molecular weight is 278 g/mol. The minimum atomic E-state index is -0.278. The van der Waals surface area contributed by atoms with Crippen LogP contribution in [0.25, 0.3) is 0 Å². The standard InChI is InChI=1S/C12H8BrNO2/c13-7-3-4-8-14-11(15)9-5-1-2-6-10(9)12(14)16/h1-8H/b7-3+,8-4+. The van der Waals surface area contributed by atoms with Crippen molar-refractivity contribution in [2.75, 3.05) is 0 Å². The van der Waals surface area contributed by atoms with Crippen molar-refractivity contribution in [3.63, 3.8) is 0 Å². The highest BCUT2D eigenvalue weighted by molar-refractivity contribution is 9.11. The SMILES string of the molecule is O=C1c2ccccc2C(=O)N1/C=C/C=C/Br. The highest BCUT2D eigenvalue weighted by Crippen LogP contribution is 2.22. The highest BCUT2D eigenvalue weighted by atomic mass is 79.9. The van der Waals surface area contributed by atoms with Gasteiger partial charge in [-0.2, -0.15) is 0 Å². The molecule has 2 rings (SSSR count). The Morgan fingerprint density at radius 3 is 2.06 bits per heavy atom. The lowest BCUT2D eigenvalue weighted by molar-refractivity contribution is 0.0721. The summed E-state index contributed by atoms with van der Waals surface area (Å²) in [5.74, 6) is -0.556. The number of halogens is 1. The van der Waals surface area contributed by atoms with Gasteiger partial charge in [-0.3, -0.25) is 9.59 Å². The molecule has 0 radical (unpaired) electrons. The van der Waals surface area contributed by atoms with Crippen LogP contribution in [0.15, 0.2) is 47.6 Å². The van der Waals surface area contributed by atoms with Crippen LogP contribution in [0.2, 0.25) is 0 Å². The molecular formula is C12H8BrNO2. The quantitative estimate of drug-likeness (QED) is 0.616. The maximum Gasteiger partial charge on any atom is 0.265 e. The van der Waals surface area contributed by atoms with Crippen LogP contribution in [0.3, 0.4) is 0 Å². The second kappa shape index (κ2) is 4.45. The average Bonchev–Trinajstić information content (AvgIpc) is 2.55. The van der Waals surface area contributed by atoms with Crippen molar-refractivity contribution in [1.82, 2.24) is 4.90 Å². The number of allylic oxidation sites excluding steroid dienone is 2. The van der Waals surface area contributed by atoms with Crippen molar-refractivity contribution in [3.8, 4) is 0 Å². The van der Waals surface area contributed by atoms with E-state index >= 15 is 0 Å². The molecule has 0 aromatic heterocycles. The normalized spacial score (nSPS) is 15.4. The van der Waals surface area contributed by atoms with E-state index in [1.807, 2.05) is 0 Å². The molecule has 0 N–H and O–H groups in total. The fourth-order valence-electron chi connectivity index (χ4n) is 1.52. The Bertz CT molecular complexity index is 470. The Balaban J connectivity index is 2.35. The minimum Gasteiger partial charge on any atom is -0.268 e. The summed E-state index contributed by atoms with van der Waals surface area (Å²) in [4.78, 5) is 26.4. The van der Waals surface area contributed by atoms with Crippen molar-refractivity contribution in [2.45, 2.75) is 0 Å². The van der Waals surface area contributed by atoms with Gasteiger partial charge in [0, 0.05) is 6.20 Å². The van der Waals surface area contributed by atoms with E-state index in [9.17, 15) is 9.59 Å². The third-order valence-electron chi connectivity index (χ3n) is 2.24. The molecule has 4 heteroatoms. The molecule has 0 saturated heterocycles. The second-order valence-corrected chi connectivity index (χ2v) is 3.71. The number of fused-ring (bicyclic) bond motifs is 1. The molecule has 0 unspecified atom stereocenters. The lowest BCUT2D eigenvalue weighted by Gasteiger charge is -2.05. The first kappa shape index (κ1) is 10.8. The first-order valence-electron chi connectivity index (χ1n) is 4.66. The van der Waals surface area contributed by atoms with Crippen molar-refractivity contribution in [3.05, 3.63) is 58.7 Å². The van der Waals surface area contributed by atoms with Crippen molar-refractivity contribution in [1.29, 1.82) is 0 Å². The Labute approximate surface area is 101 Å². The molecule has 1 heterocycles. The molecule has 1 aromatic rings. The van der Waals surface area contributed by atoms with Gasteiger partial charge in [0.2, 0.25) is 0 Å². The second-order valence-electron chi connectivity index (χ2n) is 3.19. The largest absolute Gasteiger partial charge is 0.268 e. The molecular weight excluding hydrogens is 270 g/mol. The molecule has 80 valence electrons. The van der Waals surface area contributed by atoms with Crippen molar-refractivity contribution in [2.24, 2.45) is 0 Å². The van der Waals surface area contributed by atoms with Crippen LogP contribution in [-0.4, -0.2) is 16.7 Å². The van der Waals surface area contributed by atoms with Crippen LogP contribution in [-0.2, 0) is 0 Å². The molecule has 0 saturated carbocycles. The number of carbonyl (C=O) groups is 2. The third kappa shape index (κ3) is 1.72. The van der Waals surface area contributed by atoms with Gasteiger partial charge >= 0.3 is 0 Å². The first-order valence-corrected chi connectivity index (χ1v) is 5.57. The summed E-state index contributed by atoms with van der Waals surface area (Å²) in [5, 5.41) is 0. The number of nitrogens with zero attached hydrogens (tertiary/aromatic N) is 1. The highest BCUT2D eigenvalue weighted by Gasteiger charge is 2.33. The molecule has 0 atom stereocenters. The van der Waals surface area contributed by atoms with Crippen LogP contribution in [0, 0.1) is 0 Å². The van der Waals surface area contributed by atoms with Gasteiger partial charge in [0.25, 0.3) is 11.8 Å². The third-order valence-corrected chi connectivity index (χ3v) is 2.55. The van der Waals surface area contributed by atoms with E-state index in [0.29, 0.717) is 11.1 Å². The number of rotatable bonds is 2. The summed E-state index contributed by atoms with van der Waals surface area (Å²) < 4.78 is 0. The van der Waals surface area contributed by atoms with E-state index in [-0.39, 0.29) is 11.8 Å². The maximum absolute atomic E-state index is 11.8. The minimum absolute atomic E-state index is 0.278. The van der Waals surface area contributed by atoms with Crippen LogP contribution < -0.4 is 0 Å². The van der Waals surface area contributed by atoms with E-state index < -0.39 is 0 Å². The first-order chi connectivity index (χ1) is 7.75. The zero-order chi connectivity index (χ0) is 11.5. The van der Waals surface area contributed by atoms with Gasteiger partial charge in [-0.15, -0.1) is 0 Å². The van der Waals surface area contributed by atoms with Gasteiger partial charge in [-0.25, -0.2) is 4.90 Å². The Morgan fingerprint density at radius 2 is 1.56 bits per heavy atom. The Kier molecular flexibility index (Phi) is 3.01. The number of amides is 2. The molecule has 1 aromatic carbocycles. The van der Waals surface area contributed by atoms with Crippen LogP contribution in [0.1, 0.15) is 20.7 Å². The Morgan fingerprint density at radius 1 is 1.00 bits per heavy atom. The molecule has 1 aliphatic heterocycles. The van der Waals surface area contributed by atoms with E-state index in [1.54, 1.807) is 41.4 Å². The summed E-state index contributed by atoms with van der Waals surface area (Å²) >= 11 is 3.10. The van der Waals surface area contributed by atoms with Crippen LogP contribution in [0.4, 0.5) is 0 Å². The van der Waals surface area contributed by atoms with Crippen molar-refractivity contribution >= 4 is 27.7 Å². The van der Waals surface area contributed by atoms with Crippen molar-refractivity contribution < 1.29 is 9.59 Å². The topological polar surface area (TPSA) is 37.4 Å². The van der Waals surface area contributed by atoms with Gasteiger partial charge in [0.1, 0.15) is 0 Å². The molecule has 0 spiro atoms. The van der Waals surface area contributed by atoms with Crippen LogP contribution >= 0.6 is 15.9 Å². The molecule has 2 amide bonds. The van der Waals surface area contributed by atoms with Gasteiger partial charge in [-0.1, -0.05) is 34.1 Å². The molecule has 0 aliphatic carbocycles.